The van der Waals surface area contributed by atoms with Crippen LogP contribution in [0.25, 0.3) is 0 Å². The summed E-state index contributed by atoms with van der Waals surface area (Å²) in [6, 6.07) is 0. The normalized spacial score (nSPS) is 26.0. The number of likely N-dealkylation sites (tertiary alicyclic amines) is 1. The lowest BCUT2D eigenvalue weighted by atomic mass is 9.84. The van der Waals surface area contributed by atoms with Gasteiger partial charge in [-0.2, -0.15) is 0 Å². The highest BCUT2D eigenvalue weighted by Gasteiger charge is 2.39. The van der Waals surface area contributed by atoms with Gasteiger partial charge in [-0.1, -0.05) is 27.2 Å². The molecule has 2 atom stereocenters. The van der Waals surface area contributed by atoms with E-state index in [-0.39, 0.29) is 5.54 Å². The van der Waals surface area contributed by atoms with Gasteiger partial charge < -0.3 is 10.5 Å². The maximum atomic E-state index is 6.12. The summed E-state index contributed by atoms with van der Waals surface area (Å²) >= 11 is 0. The third-order valence-electron chi connectivity index (χ3n) is 4.88. The van der Waals surface area contributed by atoms with Crippen molar-refractivity contribution in [1.82, 2.24) is 4.90 Å². The van der Waals surface area contributed by atoms with Crippen LogP contribution in [0.3, 0.4) is 0 Å². The minimum absolute atomic E-state index is 0.0252. The van der Waals surface area contributed by atoms with E-state index < -0.39 is 0 Å². The molecule has 3 nitrogen and oxygen atoms in total. The lowest BCUT2D eigenvalue weighted by Crippen LogP contribution is -2.60. The molecule has 3 heteroatoms. The van der Waals surface area contributed by atoms with Gasteiger partial charge in [0.1, 0.15) is 0 Å². The lowest BCUT2D eigenvalue weighted by molar-refractivity contribution is -0.0150. The van der Waals surface area contributed by atoms with Gasteiger partial charge in [-0.25, -0.2) is 0 Å². The SMILES string of the molecule is CCC1CCCN(C(CN)(COC)C(C)C)CC1. The van der Waals surface area contributed by atoms with E-state index in [9.17, 15) is 0 Å². The maximum Gasteiger partial charge on any atom is 0.0661 e. The van der Waals surface area contributed by atoms with Crippen LogP contribution < -0.4 is 5.73 Å². The van der Waals surface area contributed by atoms with E-state index in [4.69, 9.17) is 10.5 Å². The first-order valence-electron chi connectivity index (χ1n) is 7.54. The smallest absolute Gasteiger partial charge is 0.0661 e. The first kappa shape index (κ1) is 15.9. The third-order valence-corrected chi connectivity index (χ3v) is 4.88. The average Bonchev–Trinajstić information content (AvgIpc) is 2.61. The fourth-order valence-electron chi connectivity index (χ4n) is 3.32. The predicted octanol–water partition coefficient (Wildman–Crippen LogP) is 2.50. The standard InChI is InChI=1S/C15H32N2O/c1-5-14-7-6-9-17(10-8-14)15(11-16,12-18-4)13(2)3/h13-14H,5-12,16H2,1-4H3. The highest BCUT2D eigenvalue weighted by atomic mass is 16.5. The van der Waals surface area contributed by atoms with Gasteiger partial charge in [-0.15, -0.1) is 0 Å². The zero-order chi connectivity index (χ0) is 13.6. The molecule has 1 saturated heterocycles. The monoisotopic (exact) mass is 256 g/mol. The zero-order valence-corrected chi connectivity index (χ0v) is 12.7. The highest BCUT2D eigenvalue weighted by Crippen LogP contribution is 2.30. The molecule has 0 radical (unpaired) electrons. The van der Waals surface area contributed by atoms with Crippen molar-refractivity contribution in [2.75, 3.05) is 33.4 Å². The third kappa shape index (κ3) is 3.46. The molecule has 0 amide bonds. The minimum Gasteiger partial charge on any atom is -0.383 e. The van der Waals surface area contributed by atoms with E-state index in [0.29, 0.717) is 12.5 Å². The van der Waals surface area contributed by atoms with Crippen LogP contribution in [-0.2, 0) is 4.74 Å². The van der Waals surface area contributed by atoms with E-state index in [2.05, 4.69) is 25.7 Å². The average molecular weight is 256 g/mol. The van der Waals surface area contributed by atoms with Crippen molar-refractivity contribution in [3.63, 3.8) is 0 Å². The molecule has 2 unspecified atom stereocenters. The van der Waals surface area contributed by atoms with Crippen molar-refractivity contribution in [1.29, 1.82) is 0 Å². The van der Waals surface area contributed by atoms with Crippen LogP contribution in [0.2, 0.25) is 0 Å². The molecule has 0 aromatic heterocycles. The summed E-state index contributed by atoms with van der Waals surface area (Å²) in [5, 5.41) is 0. The molecule has 1 rings (SSSR count). The van der Waals surface area contributed by atoms with Crippen LogP contribution in [-0.4, -0.2) is 43.8 Å². The van der Waals surface area contributed by atoms with Gasteiger partial charge in [-0.3, -0.25) is 4.90 Å². The van der Waals surface area contributed by atoms with Crippen molar-refractivity contribution < 1.29 is 4.74 Å². The highest BCUT2D eigenvalue weighted by molar-refractivity contribution is 4.95. The molecule has 0 aliphatic carbocycles. The molecule has 108 valence electrons. The van der Waals surface area contributed by atoms with E-state index in [0.717, 1.165) is 12.5 Å². The van der Waals surface area contributed by atoms with Crippen LogP contribution in [0.1, 0.15) is 46.5 Å². The number of rotatable bonds is 6. The Hall–Kier alpha value is -0.120. The lowest BCUT2D eigenvalue weighted by Gasteiger charge is -2.45. The molecule has 0 bridgehead atoms. The number of methoxy groups -OCH3 is 1. The Morgan fingerprint density at radius 2 is 2.06 bits per heavy atom. The van der Waals surface area contributed by atoms with Crippen LogP contribution in [0.15, 0.2) is 0 Å². The first-order chi connectivity index (χ1) is 8.60. The largest absolute Gasteiger partial charge is 0.383 e. The Balaban J connectivity index is 2.78. The molecule has 18 heavy (non-hydrogen) atoms. The van der Waals surface area contributed by atoms with E-state index >= 15 is 0 Å². The number of nitrogens with two attached hydrogens (primary N) is 1. The molecule has 1 fully saturated rings. The summed E-state index contributed by atoms with van der Waals surface area (Å²) in [5.41, 5.74) is 6.15. The number of nitrogens with zero attached hydrogens (tertiary/aromatic N) is 1. The molecule has 0 spiro atoms. The summed E-state index contributed by atoms with van der Waals surface area (Å²) < 4.78 is 5.49. The van der Waals surface area contributed by atoms with Crippen LogP contribution in [0.4, 0.5) is 0 Å². The fourth-order valence-corrected chi connectivity index (χ4v) is 3.32. The van der Waals surface area contributed by atoms with Crippen molar-refractivity contribution in [3.8, 4) is 0 Å². The zero-order valence-electron chi connectivity index (χ0n) is 12.7. The molecule has 0 saturated carbocycles. The number of hydrogen-bond donors (Lipinski definition) is 1. The van der Waals surface area contributed by atoms with Crippen molar-refractivity contribution in [2.45, 2.75) is 52.0 Å². The second kappa shape index (κ2) is 7.46. The quantitative estimate of drug-likeness (QED) is 0.793. The minimum atomic E-state index is 0.0252. The molecule has 1 aliphatic heterocycles. The Morgan fingerprint density at radius 1 is 1.33 bits per heavy atom. The summed E-state index contributed by atoms with van der Waals surface area (Å²) in [5.74, 6) is 1.43. The van der Waals surface area contributed by atoms with Gasteiger partial charge in [0.05, 0.1) is 12.1 Å². The van der Waals surface area contributed by atoms with Gasteiger partial charge in [0, 0.05) is 13.7 Å². The summed E-state index contributed by atoms with van der Waals surface area (Å²) in [7, 11) is 1.79. The van der Waals surface area contributed by atoms with Gasteiger partial charge in [-0.05, 0) is 44.2 Å². The van der Waals surface area contributed by atoms with Crippen LogP contribution in [0, 0.1) is 11.8 Å². The molecule has 0 aromatic rings. The van der Waals surface area contributed by atoms with Gasteiger partial charge in [0.25, 0.3) is 0 Å². The Bertz CT molecular complexity index is 233. The molecular formula is C15H32N2O. The Labute approximate surface area is 113 Å². The second-order valence-electron chi connectivity index (χ2n) is 6.09. The Morgan fingerprint density at radius 3 is 2.56 bits per heavy atom. The molecule has 1 heterocycles. The van der Waals surface area contributed by atoms with Crippen molar-refractivity contribution in [3.05, 3.63) is 0 Å². The van der Waals surface area contributed by atoms with Gasteiger partial charge in [0.15, 0.2) is 0 Å². The maximum absolute atomic E-state index is 6.12. The van der Waals surface area contributed by atoms with Crippen molar-refractivity contribution >= 4 is 0 Å². The molecule has 0 aromatic carbocycles. The summed E-state index contributed by atoms with van der Waals surface area (Å²) in [6.07, 6.45) is 5.31. The topological polar surface area (TPSA) is 38.5 Å². The first-order valence-corrected chi connectivity index (χ1v) is 7.54. The van der Waals surface area contributed by atoms with Crippen LogP contribution >= 0.6 is 0 Å². The van der Waals surface area contributed by atoms with Gasteiger partial charge >= 0.3 is 0 Å². The molecular weight excluding hydrogens is 224 g/mol. The number of hydrogen-bond acceptors (Lipinski definition) is 3. The predicted molar refractivity (Wildman–Crippen MR) is 77.7 cm³/mol. The van der Waals surface area contributed by atoms with Crippen LogP contribution in [0.5, 0.6) is 0 Å². The molecule has 1 aliphatic rings. The second-order valence-corrected chi connectivity index (χ2v) is 6.09. The van der Waals surface area contributed by atoms with E-state index in [1.165, 1.54) is 38.8 Å². The van der Waals surface area contributed by atoms with Crippen molar-refractivity contribution in [2.24, 2.45) is 17.6 Å². The summed E-state index contributed by atoms with van der Waals surface area (Å²) in [6.45, 7) is 10.6. The molecule has 2 N–H and O–H groups in total. The van der Waals surface area contributed by atoms with E-state index in [1.54, 1.807) is 7.11 Å². The van der Waals surface area contributed by atoms with E-state index in [1.807, 2.05) is 0 Å². The van der Waals surface area contributed by atoms with Gasteiger partial charge in [0.2, 0.25) is 0 Å². The fraction of sp³-hybridized carbons (Fsp3) is 1.00. The Kier molecular flexibility index (Phi) is 6.61. The number of ether oxygens (including phenoxy) is 1. The summed E-state index contributed by atoms with van der Waals surface area (Å²) in [4.78, 5) is 2.61.